The average Bonchev–Trinajstić information content (AvgIpc) is 3.05. The smallest absolute Gasteiger partial charge is 0.259 e. The van der Waals surface area contributed by atoms with Gasteiger partial charge in [-0.05, 0) is 55.3 Å². The third-order valence-corrected chi connectivity index (χ3v) is 6.24. The number of sulfone groups is 1. The fourth-order valence-electron chi connectivity index (χ4n) is 3.61. The van der Waals surface area contributed by atoms with Crippen LogP contribution in [-0.2, 0) is 9.84 Å². The number of amides is 1. The Bertz CT molecular complexity index is 1060. The first-order chi connectivity index (χ1) is 14.2. The highest BCUT2D eigenvalue weighted by Gasteiger charge is 2.33. The summed E-state index contributed by atoms with van der Waals surface area (Å²) in [7, 11) is 1.06. The summed E-state index contributed by atoms with van der Waals surface area (Å²) in [4.78, 5) is 15.1. The number of carbonyl (C=O) groups is 1. The fraction of sp³-hybridized carbons (Fsp3) is 0.318. The maximum absolute atomic E-state index is 13.6. The molecule has 1 amide bonds. The Labute approximate surface area is 176 Å². The molecule has 8 heteroatoms. The molecular formula is C22H25NO6S. The van der Waals surface area contributed by atoms with Crippen LogP contribution in [0, 0.1) is 13.8 Å². The quantitative estimate of drug-likeness (QED) is 0.698. The van der Waals surface area contributed by atoms with Crippen molar-refractivity contribution in [3.63, 3.8) is 0 Å². The largest absolute Gasteiger partial charge is 0.493 e. The van der Waals surface area contributed by atoms with Gasteiger partial charge in [0.25, 0.3) is 5.91 Å². The molecule has 0 saturated carbocycles. The van der Waals surface area contributed by atoms with Crippen LogP contribution in [0.2, 0.25) is 0 Å². The zero-order chi connectivity index (χ0) is 22.1. The van der Waals surface area contributed by atoms with Gasteiger partial charge in [0.1, 0.15) is 0 Å². The number of aryl methyl sites for hydroxylation is 2. The van der Waals surface area contributed by atoms with Crippen molar-refractivity contribution in [1.29, 1.82) is 0 Å². The lowest BCUT2D eigenvalue weighted by Gasteiger charge is -2.29. The molecule has 0 N–H and O–H groups in total. The second-order valence-corrected chi connectivity index (χ2v) is 9.09. The van der Waals surface area contributed by atoms with Crippen molar-refractivity contribution >= 4 is 21.4 Å². The van der Waals surface area contributed by atoms with E-state index in [1.165, 1.54) is 26.2 Å². The van der Waals surface area contributed by atoms with Crippen LogP contribution >= 0.6 is 0 Å². The van der Waals surface area contributed by atoms with Crippen LogP contribution in [-0.4, -0.2) is 47.4 Å². The molecule has 1 atom stereocenters. The van der Waals surface area contributed by atoms with Gasteiger partial charge in [-0.2, -0.15) is 0 Å². The van der Waals surface area contributed by atoms with E-state index in [9.17, 15) is 13.2 Å². The van der Waals surface area contributed by atoms with Gasteiger partial charge in [0.15, 0.2) is 21.3 Å². The van der Waals surface area contributed by atoms with E-state index in [1.54, 1.807) is 18.2 Å². The van der Waals surface area contributed by atoms with E-state index in [1.807, 2.05) is 32.0 Å². The average molecular weight is 432 g/mol. The lowest BCUT2D eigenvalue weighted by Crippen LogP contribution is -2.41. The predicted octanol–water partition coefficient (Wildman–Crippen LogP) is 3.29. The molecule has 2 aromatic rings. The van der Waals surface area contributed by atoms with Crippen LogP contribution in [0.15, 0.2) is 41.8 Å². The molecule has 0 aliphatic carbocycles. The van der Waals surface area contributed by atoms with Crippen molar-refractivity contribution in [3.05, 3.63) is 58.5 Å². The minimum Gasteiger partial charge on any atom is -0.493 e. The number of methoxy groups -OCH3 is 3. The van der Waals surface area contributed by atoms with Gasteiger partial charge in [0.2, 0.25) is 5.75 Å². The molecular weight excluding hydrogens is 406 g/mol. The maximum atomic E-state index is 13.6. The topological polar surface area (TPSA) is 82.1 Å². The molecule has 0 saturated heterocycles. The third kappa shape index (κ3) is 4.28. The number of ether oxygens (including phenoxy) is 3. The van der Waals surface area contributed by atoms with Gasteiger partial charge in [-0.15, -0.1) is 0 Å². The summed E-state index contributed by atoms with van der Waals surface area (Å²) >= 11 is 0. The van der Waals surface area contributed by atoms with Gasteiger partial charge in [-0.3, -0.25) is 4.79 Å². The summed E-state index contributed by atoms with van der Waals surface area (Å²) in [6.45, 7) is 3.86. The van der Waals surface area contributed by atoms with Gasteiger partial charge >= 0.3 is 0 Å². The maximum Gasteiger partial charge on any atom is 0.259 e. The number of hydrogen-bond donors (Lipinski definition) is 0. The van der Waals surface area contributed by atoms with Crippen LogP contribution in [0.4, 0.5) is 5.69 Å². The molecule has 30 heavy (non-hydrogen) atoms. The molecule has 1 aliphatic heterocycles. The molecule has 160 valence electrons. The van der Waals surface area contributed by atoms with E-state index >= 15 is 0 Å². The van der Waals surface area contributed by atoms with E-state index in [0.29, 0.717) is 28.5 Å². The Morgan fingerprint density at radius 1 is 0.933 bits per heavy atom. The van der Waals surface area contributed by atoms with Crippen LogP contribution in [0.1, 0.15) is 21.5 Å². The number of hydrogen-bond acceptors (Lipinski definition) is 6. The van der Waals surface area contributed by atoms with Crippen molar-refractivity contribution < 1.29 is 27.4 Å². The summed E-state index contributed by atoms with van der Waals surface area (Å²) in [5, 5.41) is 1.16. The normalized spacial score (nSPS) is 16.9. The van der Waals surface area contributed by atoms with Crippen molar-refractivity contribution in [1.82, 2.24) is 0 Å². The van der Waals surface area contributed by atoms with Gasteiger partial charge in [0.05, 0.1) is 33.1 Å². The van der Waals surface area contributed by atoms with E-state index < -0.39 is 15.9 Å². The number of rotatable bonds is 6. The van der Waals surface area contributed by atoms with Gasteiger partial charge in [0, 0.05) is 16.7 Å². The summed E-state index contributed by atoms with van der Waals surface area (Å²) < 4.78 is 40.2. The molecule has 0 spiro atoms. The van der Waals surface area contributed by atoms with Crippen molar-refractivity contribution in [3.8, 4) is 17.2 Å². The third-order valence-electron chi connectivity index (χ3n) is 4.86. The summed E-state index contributed by atoms with van der Waals surface area (Å²) in [5.41, 5.74) is 2.86. The Kier molecular flexibility index (Phi) is 6.07. The van der Waals surface area contributed by atoms with Crippen molar-refractivity contribution in [2.45, 2.75) is 19.9 Å². The van der Waals surface area contributed by atoms with E-state index in [0.717, 1.165) is 16.5 Å². The SMILES string of the molecule is COc1cc(C(=O)N(c2cc(C)cc(C)c2)C2C=CS(=O)(=O)C2)cc(OC)c1OC. The minimum absolute atomic E-state index is 0.170. The van der Waals surface area contributed by atoms with Crippen molar-refractivity contribution in [2.24, 2.45) is 0 Å². The van der Waals surface area contributed by atoms with Crippen LogP contribution in [0.25, 0.3) is 0 Å². The van der Waals surface area contributed by atoms with E-state index in [4.69, 9.17) is 14.2 Å². The summed E-state index contributed by atoms with van der Waals surface area (Å²) in [5.74, 6) is 0.519. The Morgan fingerprint density at radius 2 is 1.50 bits per heavy atom. The molecule has 1 unspecified atom stereocenters. The molecule has 0 radical (unpaired) electrons. The molecule has 7 nitrogen and oxygen atoms in total. The highest BCUT2D eigenvalue weighted by Crippen LogP contribution is 2.39. The molecule has 1 aliphatic rings. The Hall–Kier alpha value is -3.00. The number of benzene rings is 2. The fourth-order valence-corrected chi connectivity index (χ4v) is 4.88. The standard InChI is InChI=1S/C22H25NO6S/c1-14-8-15(2)10-18(9-14)23(17-6-7-30(25,26)13-17)22(24)16-11-19(27-3)21(29-5)20(12-16)28-4/h6-12,17H,13H2,1-5H3. The van der Waals surface area contributed by atoms with Crippen molar-refractivity contribution in [2.75, 3.05) is 32.0 Å². The summed E-state index contributed by atoms with van der Waals surface area (Å²) in [6, 6.07) is 8.22. The molecule has 1 heterocycles. The highest BCUT2D eigenvalue weighted by atomic mass is 32.2. The lowest BCUT2D eigenvalue weighted by atomic mass is 10.1. The van der Waals surface area contributed by atoms with Crippen LogP contribution < -0.4 is 19.1 Å². The zero-order valence-corrected chi connectivity index (χ0v) is 18.4. The highest BCUT2D eigenvalue weighted by molar-refractivity contribution is 7.94. The number of nitrogens with zero attached hydrogens (tertiary/aromatic N) is 1. The molecule has 0 bridgehead atoms. The zero-order valence-electron chi connectivity index (χ0n) is 17.6. The van der Waals surface area contributed by atoms with Gasteiger partial charge in [-0.25, -0.2) is 8.42 Å². The molecule has 0 fully saturated rings. The van der Waals surface area contributed by atoms with Crippen LogP contribution in [0.3, 0.4) is 0 Å². The lowest BCUT2D eigenvalue weighted by molar-refractivity contribution is 0.0982. The molecule has 3 rings (SSSR count). The Morgan fingerprint density at radius 3 is 1.93 bits per heavy atom. The second kappa shape index (κ2) is 8.39. The predicted molar refractivity (Wildman–Crippen MR) is 116 cm³/mol. The van der Waals surface area contributed by atoms with Gasteiger partial charge in [-0.1, -0.05) is 6.07 Å². The monoisotopic (exact) mass is 431 g/mol. The molecule has 0 aromatic heterocycles. The van der Waals surface area contributed by atoms with Crippen LogP contribution in [0.5, 0.6) is 17.2 Å². The Balaban J connectivity index is 2.14. The number of anilines is 1. The summed E-state index contributed by atoms with van der Waals surface area (Å²) in [6.07, 6.45) is 1.54. The number of carbonyl (C=O) groups excluding carboxylic acids is 1. The first-order valence-electron chi connectivity index (χ1n) is 9.32. The van der Waals surface area contributed by atoms with E-state index in [-0.39, 0.29) is 11.7 Å². The second-order valence-electron chi connectivity index (χ2n) is 7.16. The first-order valence-corrected chi connectivity index (χ1v) is 11.0. The minimum atomic E-state index is -3.36. The van der Waals surface area contributed by atoms with E-state index in [2.05, 4.69) is 0 Å². The van der Waals surface area contributed by atoms with Gasteiger partial charge < -0.3 is 19.1 Å². The first kappa shape index (κ1) is 21.7. The molecule has 2 aromatic carbocycles.